The van der Waals surface area contributed by atoms with Crippen LogP contribution in [0.15, 0.2) is 18.2 Å². The van der Waals surface area contributed by atoms with Gasteiger partial charge in [-0.25, -0.2) is 4.79 Å². The van der Waals surface area contributed by atoms with Gasteiger partial charge in [-0.3, -0.25) is 0 Å². The number of aliphatic carboxylic acids is 1. The number of anilines is 2. The molecule has 0 saturated heterocycles. The van der Waals surface area contributed by atoms with Gasteiger partial charge >= 0.3 is 5.97 Å². The number of hydrogen-bond donors (Lipinski definition) is 2. The van der Waals surface area contributed by atoms with E-state index in [-0.39, 0.29) is 6.73 Å². The van der Waals surface area contributed by atoms with Crippen molar-refractivity contribution in [1.29, 1.82) is 0 Å². The Morgan fingerprint density at radius 1 is 1.52 bits per heavy atom. The van der Waals surface area contributed by atoms with Gasteiger partial charge < -0.3 is 20.1 Å². The lowest BCUT2D eigenvalue weighted by Gasteiger charge is -2.33. The summed E-state index contributed by atoms with van der Waals surface area (Å²) in [6.07, 6.45) is 0. The SMILES string of the molecule is CC1(C(=O)O)Nc2c[c]ccc2N1COCC[Si](C)(C)C. The molecule has 1 radical (unpaired) electrons. The molecule has 1 aromatic rings. The number of nitrogens with one attached hydrogen (secondary N) is 1. The topological polar surface area (TPSA) is 61.8 Å². The summed E-state index contributed by atoms with van der Waals surface area (Å²) in [4.78, 5) is 13.4. The van der Waals surface area contributed by atoms with E-state index in [1.54, 1.807) is 24.0 Å². The fraction of sp³-hybridized carbons (Fsp3) is 0.533. The number of ether oxygens (including phenoxy) is 1. The molecular formula is C15H23N2O3Si. The summed E-state index contributed by atoms with van der Waals surface area (Å²) in [5, 5.41) is 12.6. The van der Waals surface area contributed by atoms with E-state index < -0.39 is 19.7 Å². The number of carboxylic acids is 1. The first-order chi connectivity index (χ1) is 9.74. The van der Waals surface area contributed by atoms with Crippen LogP contribution in [0, 0.1) is 6.07 Å². The quantitative estimate of drug-likeness (QED) is 0.625. The second kappa shape index (κ2) is 5.69. The normalized spacial score (nSPS) is 21.0. The summed E-state index contributed by atoms with van der Waals surface area (Å²) in [5.41, 5.74) is 0.430. The number of nitrogens with zero attached hydrogens (tertiary/aromatic N) is 1. The molecule has 1 aliphatic rings. The van der Waals surface area contributed by atoms with Gasteiger partial charge in [-0.05, 0) is 31.2 Å². The molecule has 1 unspecified atom stereocenters. The molecule has 2 N–H and O–H groups in total. The highest BCUT2D eigenvalue weighted by atomic mass is 28.3. The van der Waals surface area contributed by atoms with Gasteiger partial charge in [0.15, 0.2) is 0 Å². The zero-order chi connectivity index (χ0) is 15.7. The summed E-state index contributed by atoms with van der Waals surface area (Å²) in [6, 6.07) is 9.43. The zero-order valence-corrected chi connectivity index (χ0v) is 14.1. The molecule has 115 valence electrons. The maximum atomic E-state index is 11.6. The van der Waals surface area contributed by atoms with Gasteiger partial charge in [0.2, 0.25) is 5.66 Å². The number of fused-ring (bicyclic) bond motifs is 1. The molecule has 21 heavy (non-hydrogen) atoms. The fourth-order valence-corrected chi connectivity index (χ4v) is 2.99. The van der Waals surface area contributed by atoms with E-state index in [9.17, 15) is 9.90 Å². The Bertz CT molecular complexity index is 530. The maximum absolute atomic E-state index is 11.6. The van der Waals surface area contributed by atoms with Crippen LogP contribution in [-0.2, 0) is 9.53 Å². The monoisotopic (exact) mass is 307 g/mol. The lowest BCUT2D eigenvalue weighted by molar-refractivity contribution is -0.142. The van der Waals surface area contributed by atoms with Gasteiger partial charge in [0.1, 0.15) is 6.73 Å². The first-order valence-electron chi connectivity index (χ1n) is 7.11. The molecule has 0 bridgehead atoms. The lowest BCUT2D eigenvalue weighted by atomic mass is 10.2. The molecule has 0 saturated carbocycles. The van der Waals surface area contributed by atoms with E-state index >= 15 is 0 Å². The zero-order valence-electron chi connectivity index (χ0n) is 13.1. The predicted octanol–water partition coefficient (Wildman–Crippen LogP) is 2.83. The molecular weight excluding hydrogens is 284 g/mol. The van der Waals surface area contributed by atoms with Crippen molar-refractivity contribution in [2.45, 2.75) is 38.3 Å². The summed E-state index contributed by atoms with van der Waals surface area (Å²) < 4.78 is 5.74. The van der Waals surface area contributed by atoms with Gasteiger partial charge in [0.05, 0.1) is 11.4 Å². The smallest absolute Gasteiger partial charge is 0.350 e. The third-order valence-electron chi connectivity index (χ3n) is 3.68. The Labute approximate surface area is 126 Å². The number of carboxylic acid groups (broad SMARTS) is 1. The van der Waals surface area contributed by atoms with Gasteiger partial charge in [-0.15, -0.1) is 0 Å². The van der Waals surface area contributed by atoms with Crippen LogP contribution in [0.25, 0.3) is 0 Å². The summed E-state index contributed by atoms with van der Waals surface area (Å²) in [5.74, 6) is -0.924. The molecule has 0 spiro atoms. The van der Waals surface area contributed by atoms with Gasteiger partial charge in [-0.1, -0.05) is 25.7 Å². The van der Waals surface area contributed by atoms with Crippen molar-refractivity contribution in [3.05, 3.63) is 24.3 Å². The predicted molar refractivity (Wildman–Crippen MR) is 86.4 cm³/mol. The molecule has 5 nitrogen and oxygen atoms in total. The molecule has 6 heteroatoms. The second-order valence-corrected chi connectivity index (χ2v) is 12.3. The highest BCUT2D eigenvalue weighted by Crippen LogP contribution is 2.39. The lowest BCUT2D eigenvalue weighted by Crippen LogP contribution is -2.55. The minimum absolute atomic E-state index is 0.261. The largest absolute Gasteiger partial charge is 0.478 e. The van der Waals surface area contributed by atoms with Crippen LogP contribution >= 0.6 is 0 Å². The van der Waals surface area contributed by atoms with E-state index in [4.69, 9.17) is 4.74 Å². The Balaban J connectivity index is 2.09. The van der Waals surface area contributed by atoms with Crippen molar-refractivity contribution in [3.8, 4) is 0 Å². The average Bonchev–Trinajstić information content (AvgIpc) is 2.67. The Hall–Kier alpha value is -1.53. The van der Waals surface area contributed by atoms with E-state index in [2.05, 4.69) is 31.0 Å². The Morgan fingerprint density at radius 2 is 2.24 bits per heavy atom. The van der Waals surface area contributed by atoms with Crippen molar-refractivity contribution in [3.63, 3.8) is 0 Å². The van der Waals surface area contributed by atoms with E-state index in [0.29, 0.717) is 6.61 Å². The highest BCUT2D eigenvalue weighted by Gasteiger charge is 2.46. The standard InChI is InChI=1S/C15H23N2O3Si/c1-15(14(18)19)16-12-7-5-6-8-13(12)17(15)11-20-9-10-21(2,3)4/h6-8,16H,9-11H2,1-4H3,(H,18,19). The summed E-state index contributed by atoms with van der Waals surface area (Å²) in [6.45, 7) is 9.45. The molecule has 1 aromatic carbocycles. The van der Waals surface area contributed by atoms with E-state index in [0.717, 1.165) is 17.4 Å². The van der Waals surface area contributed by atoms with E-state index in [1.165, 1.54) is 0 Å². The summed E-state index contributed by atoms with van der Waals surface area (Å²) >= 11 is 0. The third-order valence-corrected chi connectivity index (χ3v) is 5.39. The average molecular weight is 307 g/mol. The van der Waals surface area contributed by atoms with Gasteiger partial charge in [0, 0.05) is 14.7 Å². The number of hydrogen-bond acceptors (Lipinski definition) is 4. The van der Waals surface area contributed by atoms with Crippen LogP contribution in [0.1, 0.15) is 6.92 Å². The molecule has 1 atom stereocenters. The molecule has 0 fully saturated rings. The first-order valence-corrected chi connectivity index (χ1v) is 10.8. The first kappa shape index (κ1) is 15.8. The highest BCUT2D eigenvalue weighted by molar-refractivity contribution is 6.76. The minimum Gasteiger partial charge on any atom is -0.478 e. The number of rotatable bonds is 6. The molecule has 1 aliphatic heterocycles. The van der Waals surface area contributed by atoms with Gasteiger partial charge in [-0.2, -0.15) is 0 Å². The van der Waals surface area contributed by atoms with Crippen LogP contribution in [0.2, 0.25) is 25.7 Å². The molecule has 0 amide bonds. The van der Waals surface area contributed by atoms with E-state index in [1.807, 2.05) is 6.07 Å². The molecule has 2 rings (SSSR count). The fourth-order valence-electron chi connectivity index (χ4n) is 2.23. The van der Waals surface area contributed by atoms with Crippen LogP contribution in [0.4, 0.5) is 11.4 Å². The van der Waals surface area contributed by atoms with Crippen LogP contribution in [0.5, 0.6) is 0 Å². The molecule has 0 aliphatic carbocycles. The minimum atomic E-state index is -1.18. The van der Waals surface area contributed by atoms with Crippen molar-refractivity contribution < 1.29 is 14.6 Å². The third kappa shape index (κ3) is 3.38. The Morgan fingerprint density at radius 3 is 2.86 bits per heavy atom. The van der Waals surface area contributed by atoms with Crippen molar-refractivity contribution in [2.24, 2.45) is 0 Å². The molecule has 0 aromatic heterocycles. The van der Waals surface area contributed by atoms with Crippen molar-refractivity contribution in [2.75, 3.05) is 23.6 Å². The second-order valence-electron chi connectivity index (χ2n) is 6.72. The van der Waals surface area contributed by atoms with Crippen molar-refractivity contribution in [1.82, 2.24) is 0 Å². The number of carbonyl (C=O) groups is 1. The summed E-state index contributed by atoms with van der Waals surface area (Å²) in [7, 11) is -1.14. The van der Waals surface area contributed by atoms with Crippen molar-refractivity contribution >= 4 is 25.4 Å². The van der Waals surface area contributed by atoms with Gasteiger partial charge in [0.25, 0.3) is 0 Å². The van der Waals surface area contributed by atoms with Crippen LogP contribution in [0.3, 0.4) is 0 Å². The molecule has 1 heterocycles. The maximum Gasteiger partial charge on any atom is 0.350 e. The number of benzene rings is 1. The Kier molecular flexibility index (Phi) is 4.29. The van der Waals surface area contributed by atoms with Crippen LogP contribution < -0.4 is 10.2 Å². The van der Waals surface area contributed by atoms with Crippen LogP contribution in [-0.4, -0.2) is 38.2 Å².